The Hall–Kier alpha value is -5.15. The lowest BCUT2D eigenvalue weighted by molar-refractivity contribution is -0.154. The summed E-state index contributed by atoms with van der Waals surface area (Å²) < 4.78 is 82.5. The highest BCUT2D eigenvalue weighted by Crippen LogP contribution is 2.31. The van der Waals surface area contributed by atoms with Crippen LogP contribution in [0.1, 0.15) is 21.5 Å². The van der Waals surface area contributed by atoms with E-state index in [2.05, 4.69) is 40.2 Å². The van der Waals surface area contributed by atoms with E-state index in [0.29, 0.717) is 31.7 Å². The molecule has 1 fully saturated rings. The van der Waals surface area contributed by atoms with E-state index in [0.717, 1.165) is 29.4 Å². The third kappa shape index (κ3) is 8.70. The van der Waals surface area contributed by atoms with Crippen LogP contribution in [-0.4, -0.2) is 69.7 Å². The molecule has 16 heteroatoms. The summed E-state index contributed by atoms with van der Waals surface area (Å²) in [4.78, 5) is 32.4. The van der Waals surface area contributed by atoms with Crippen LogP contribution in [0.4, 0.5) is 49.6 Å². The molecule has 0 spiro atoms. The predicted octanol–water partition coefficient (Wildman–Crippen LogP) is 5.54. The zero-order valence-corrected chi connectivity index (χ0v) is 23.4. The molecule has 1 saturated heterocycles. The number of ether oxygens (including phenoxy) is 1. The number of halogens is 6. The average Bonchev–Trinajstić information content (AvgIpc) is 3.02. The number of carbonyl (C=O) groups is 1. The topological polar surface area (TPSA) is 108 Å². The lowest BCUT2D eigenvalue weighted by Crippen LogP contribution is -2.48. The van der Waals surface area contributed by atoms with Crippen molar-refractivity contribution in [1.29, 1.82) is 0 Å². The molecule has 10 nitrogen and oxygen atoms in total. The minimum Gasteiger partial charge on any atom is -0.454 e. The second kappa shape index (κ2) is 13.2. The fourth-order valence-corrected chi connectivity index (χ4v) is 4.49. The number of benzene rings is 2. The molecule has 0 unspecified atom stereocenters. The van der Waals surface area contributed by atoms with Gasteiger partial charge < -0.3 is 25.2 Å². The molecule has 5 rings (SSSR count). The summed E-state index contributed by atoms with van der Waals surface area (Å²) in [5.41, 5.74) is 1.23. The molecule has 0 atom stereocenters. The van der Waals surface area contributed by atoms with Crippen LogP contribution >= 0.6 is 0 Å². The zero-order chi connectivity index (χ0) is 32.0. The summed E-state index contributed by atoms with van der Waals surface area (Å²) in [6, 6.07) is 14.4. The monoisotopic (exact) mass is 632 g/mol. The van der Waals surface area contributed by atoms with E-state index >= 15 is 0 Å². The largest absolute Gasteiger partial charge is 0.454 e. The maximum Gasteiger partial charge on any atom is 0.422 e. The molecular weight excluding hydrogens is 606 g/mol. The first-order valence-corrected chi connectivity index (χ1v) is 13.6. The Balaban J connectivity index is 1.26. The third-order valence-electron chi connectivity index (χ3n) is 6.63. The van der Waals surface area contributed by atoms with E-state index < -0.39 is 30.5 Å². The Morgan fingerprint density at radius 1 is 0.867 bits per heavy atom. The Kier molecular flexibility index (Phi) is 9.20. The van der Waals surface area contributed by atoms with E-state index in [1.54, 1.807) is 23.2 Å². The van der Waals surface area contributed by atoms with Gasteiger partial charge in [0.1, 0.15) is 0 Å². The van der Waals surface area contributed by atoms with E-state index in [4.69, 9.17) is 0 Å². The number of amides is 1. The Morgan fingerprint density at radius 3 is 2.33 bits per heavy atom. The molecule has 0 saturated carbocycles. The van der Waals surface area contributed by atoms with Crippen LogP contribution in [0, 0.1) is 0 Å². The van der Waals surface area contributed by atoms with E-state index in [-0.39, 0.29) is 30.0 Å². The quantitative estimate of drug-likeness (QED) is 0.230. The molecule has 45 heavy (non-hydrogen) atoms. The lowest BCUT2D eigenvalue weighted by Gasteiger charge is -2.36. The first kappa shape index (κ1) is 31.3. The van der Waals surface area contributed by atoms with Crippen LogP contribution in [0.3, 0.4) is 0 Å². The van der Waals surface area contributed by atoms with Crippen molar-refractivity contribution >= 4 is 29.2 Å². The number of nitrogens with zero attached hydrogens (tertiary/aromatic N) is 6. The SMILES string of the molecule is O=C(c1cccnc1)N1CCN(c2cccc(CNc3nc(Nc4cccc(C(F)(F)F)c4)nc(OCC(F)(F)F)n3)c2)CC1. The van der Waals surface area contributed by atoms with Crippen LogP contribution < -0.4 is 20.3 Å². The van der Waals surface area contributed by atoms with Gasteiger partial charge in [-0.2, -0.15) is 41.3 Å². The van der Waals surface area contributed by atoms with Crippen molar-refractivity contribution in [2.75, 3.05) is 48.3 Å². The smallest absolute Gasteiger partial charge is 0.422 e. The van der Waals surface area contributed by atoms with Gasteiger partial charge in [0.05, 0.1) is 11.1 Å². The number of pyridine rings is 1. The first-order valence-electron chi connectivity index (χ1n) is 13.6. The van der Waals surface area contributed by atoms with Gasteiger partial charge in [-0.1, -0.05) is 18.2 Å². The normalized spacial score (nSPS) is 13.8. The molecule has 236 valence electrons. The van der Waals surface area contributed by atoms with Gasteiger partial charge in [0, 0.05) is 56.5 Å². The molecule has 2 N–H and O–H groups in total. The molecule has 3 heterocycles. The fourth-order valence-electron chi connectivity index (χ4n) is 4.49. The Morgan fingerprint density at radius 2 is 1.62 bits per heavy atom. The van der Waals surface area contributed by atoms with Gasteiger partial charge >= 0.3 is 18.4 Å². The van der Waals surface area contributed by atoms with Crippen molar-refractivity contribution < 1.29 is 35.9 Å². The molecule has 1 aliphatic rings. The highest BCUT2D eigenvalue weighted by atomic mass is 19.4. The van der Waals surface area contributed by atoms with Crippen molar-refractivity contribution in [2.45, 2.75) is 18.9 Å². The summed E-state index contributed by atoms with van der Waals surface area (Å²) >= 11 is 0. The minimum atomic E-state index is -4.67. The molecule has 0 radical (unpaired) electrons. The molecule has 4 aromatic rings. The molecule has 2 aromatic heterocycles. The van der Waals surface area contributed by atoms with Crippen molar-refractivity contribution in [3.05, 3.63) is 89.7 Å². The second-order valence-corrected chi connectivity index (χ2v) is 9.92. The number of piperazine rings is 1. The number of hydrogen-bond donors (Lipinski definition) is 2. The molecule has 1 amide bonds. The van der Waals surface area contributed by atoms with Crippen LogP contribution in [-0.2, 0) is 12.7 Å². The highest BCUT2D eigenvalue weighted by molar-refractivity contribution is 5.94. The number of carbonyl (C=O) groups excluding carboxylic acids is 1. The van der Waals surface area contributed by atoms with Gasteiger partial charge in [-0.25, -0.2) is 0 Å². The summed E-state index contributed by atoms with van der Waals surface area (Å²) in [5.74, 6) is -0.570. The average molecular weight is 633 g/mol. The molecule has 2 aromatic carbocycles. The Bertz CT molecular complexity index is 1610. The number of nitrogens with one attached hydrogen (secondary N) is 2. The van der Waals surface area contributed by atoms with Crippen molar-refractivity contribution in [2.24, 2.45) is 0 Å². The predicted molar refractivity (Wildman–Crippen MR) is 152 cm³/mol. The summed E-state index contributed by atoms with van der Waals surface area (Å²) in [6.45, 7) is 0.704. The maximum atomic E-state index is 13.1. The molecule has 1 aliphatic heterocycles. The van der Waals surface area contributed by atoms with Crippen molar-refractivity contribution in [3.8, 4) is 6.01 Å². The van der Waals surface area contributed by atoms with Gasteiger partial charge in [-0.15, -0.1) is 0 Å². The summed E-state index contributed by atoms with van der Waals surface area (Å²) in [5, 5.41) is 5.47. The number of anilines is 4. The Labute approximate surface area is 253 Å². The van der Waals surface area contributed by atoms with Gasteiger partial charge in [-0.05, 0) is 48.0 Å². The summed E-state index contributed by atoms with van der Waals surface area (Å²) in [7, 11) is 0. The maximum absolute atomic E-state index is 13.1. The van der Waals surface area contributed by atoms with Gasteiger partial charge in [0.25, 0.3) is 5.91 Å². The van der Waals surface area contributed by atoms with Crippen LogP contribution in [0.15, 0.2) is 73.1 Å². The highest BCUT2D eigenvalue weighted by Gasteiger charge is 2.31. The van der Waals surface area contributed by atoms with E-state index in [9.17, 15) is 31.1 Å². The number of aromatic nitrogens is 4. The number of alkyl halides is 6. The first-order chi connectivity index (χ1) is 21.4. The number of hydrogen-bond acceptors (Lipinski definition) is 9. The second-order valence-electron chi connectivity index (χ2n) is 9.92. The van der Waals surface area contributed by atoms with Gasteiger partial charge in [0.2, 0.25) is 11.9 Å². The van der Waals surface area contributed by atoms with Crippen LogP contribution in [0.2, 0.25) is 0 Å². The van der Waals surface area contributed by atoms with E-state index in [1.165, 1.54) is 12.3 Å². The minimum absolute atomic E-state index is 0.0429. The fraction of sp³-hybridized carbons (Fsp3) is 0.276. The summed E-state index contributed by atoms with van der Waals surface area (Å²) in [6.07, 6.45) is -6.14. The van der Waals surface area contributed by atoms with Crippen LogP contribution in [0.25, 0.3) is 0 Å². The van der Waals surface area contributed by atoms with Gasteiger partial charge in [-0.3, -0.25) is 9.78 Å². The zero-order valence-electron chi connectivity index (χ0n) is 23.4. The lowest BCUT2D eigenvalue weighted by atomic mass is 10.1. The molecule has 0 bridgehead atoms. The van der Waals surface area contributed by atoms with Crippen molar-refractivity contribution in [1.82, 2.24) is 24.8 Å². The molecular formula is C29H26F6N8O2. The number of rotatable bonds is 9. The van der Waals surface area contributed by atoms with Crippen molar-refractivity contribution in [3.63, 3.8) is 0 Å². The third-order valence-corrected chi connectivity index (χ3v) is 6.63. The molecule has 0 aliphatic carbocycles. The van der Waals surface area contributed by atoms with Crippen LogP contribution in [0.5, 0.6) is 6.01 Å². The van der Waals surface area contributed by atoms with E-state index in [1.807, 2.05) is 24.3 Å². The standard InChI is InChI=1S/C29H26F6N8O2/c30-28(31,32)18-45-27-40-25(39-26(41-27)38-22-7-2-6-21(15-22)29(33,34)35)37-16-19-4-1-8-23(14-19)42-10-12-43(13-11-42)24(44)20-5-3-9-36-17-20/h1-9,14-15,17H,10-13,16,18H2,(H2,37,38,39,40,41). The van der Waals surface area contributed by atoms with Gasteiger partial charge in [0.15, 0.2) is 6.61 Å².